The van der Waals surface area contributed by atoms with Gasteiger partial charge in [0.15, 0.2) is 12.3 Å². The summed E-state index contributed by atoms with van der Waals surface area (Å²) >= 11 is 0. The van der Waals surface area contributed by atoms with E-state index in [-0.39, 0.29) is 6.29 Å². The van der Waals surface area contributed by atoms with Gasteiger partial charge in [0.25, 0.3) is 0 Å². The van der Waals surface area contributed by atoms with Gasteiger partial charge in [0.1, 0.15) is 0 Å². The molecule has 0 aromatic carbocycles. The number of carbonyl (C=O) groups excluding carboxylic acids is 3. The second-order valence-electron chi connectivity index (χ2n) is 1.52. The molecule has 2 N–H and O–H groups in total. The highest BCUT2D eigenvalue weighted by atomic mass is 16.5. The third kappa shape index (κ3) is 1.94. The summed E-state index contributed by atoms with van der Waals surface area (Å²) < 4.78 is 4.09. The van der Waals surface area contributed by atoms with Gasteiger partial charge in [-0.25, -0.2) is 4.79 Å². The molecular weight excluding hydrogens is 138 g/mol. The predicted octanol–water partition coefficient (Wildman–Crippen LogP) is -1.75. The SMILES string of the molecule is COC(=O)C(N)C(=O)C=O. The Bertz CT molecular complexity index is 165. The molecule has 0 aromatic heterocycles. The molecule has 0 heterocycles. The summed E-state index contributed by atoms with van der Waals surface area (Å²) in [6, 6.07) is -1.47. The highest BCUT2D eigenvalue weighted by Gasteiger charge is 2.21. The second-order valence-corrected chi connectivity index (χ2v) is 1.52. The van der Waals surface area contributed by atoms with Crippen LogP contribution in [0.3, 0.4) is 0 Å². The Balaban J connectivity index is 4.06. The van der Waals surface area contributed by atoms with E-state index in [4.69, 9.17) is 5.73 Å². The lowest BCUT2D eigenvalue weighted by Crippen LogP contribution is -2.40. The van der Waals surface area contributed by atoms with Crippen LogP contribution in [0.4, 0.5) is 0 Å². The standard InChI is InChI=1S/C5H7NO4/c1-10-5(9)4(6)3(8)2-7/h2,4H,6H2,1H3. The number of carbonyl (C=O) groups is 3. The third-order valence-electron chi connectivity index (χ3n) is 0.878. The summed E-state index contributed by atoms with van der Waals surface area (Å²) in [5.74, 6) is -1.89. The molecule has 0 aliphatic carbocycles. The van der Waals surface area contributed by atoms with E-state index in [1.165, 1.54) is 0 Å². The van der Waals surface area contributed by atoms with Crippen molar-refractivity contribution in [1.82, 2.24) is 0 Å². The van der Waals surface area contributed by atoms with Crippen LogP contribution in [0.5, 0.6) is 0 Å². The van der Waals surface area contributed by atoms with E-state index in [1.807, 2.05) is 0 Å². The molecule has 0 aliphatic heterocycles. The molecule has 0 bridgehead atoms. The number of ether oxygens (including phenoxy) is 1. The van der Waals surface area contributed by atoms with Crippen molar-refractivity contribution in [3.05, 3.63) is 0 Å². The summed E-state index contributed by atoms with van der Waals surface area (Å²) in [5, 5.41) is 0. The smallest absolute Gasteiger partial charge is 0.330 e. The zero-order valence-electron chi connectivity index (χ0n) is 5.37. The van der Waals surface area contributed by atoms with Crippen molar-refractivity contribution in [3.8, 4) is 0 Å². The molecule has 1 atom stereocenters. The zero-order valence-corrected chi connectivity index (χ0v) is 5.37. The molecule has 1 unspecified atom stereocenters. The molecule has 5 nitrogen and oxygen atoms in total. The molecule has 0 fully saturated rings. The summed E-state index contributed by atoms with van der Waals surface area (Å²) in [6.07, 6.45) is -0.0123. The van der Waals surface area contributed by atoms with Gasteiger partial charge in [-0.2, -0.15) is 0 Å². The maximum atomic E-state index is 10.4. The Morgan fingerprint density at radius 3 is 2.40 bits per heavy atom. The number of hydrogen-bond acceptors (Lipinski definition) is 5. The summed E-state index contributed by atoms with van der Waals surface area (Å²) in [7, 11) is 1.08. The second kappa shape index (κ2) is 3.73. The van der Waals surface area contributed by atoms with Crippen LogP contribution in [-0.4, -0.2) is 31.2 Å². The van der Waals surface area contributed by atoms with Crippen LogP contribution in [-0.2, 0) is 19.1 Å². The number of hydrogen-bond donors (Lipinski definition) is 1. The number of Topliss-reactive ketones (excluding diaryl/α,β-unsaturated/α-hetero) is 1. The van der Waals surface area contributed by atoms with Crippen molar-refractivity contribution in [1.29, 1.82) is 0 Å². The summed E-state index contributed by atoms with van der Waals surface area (Å²) in [6.45, 7) is 0. The maximum Gasteiger partial charge on any atom is 0.330 e. The van der Waals surface area contributed by atoms with E-state index in [1.54, 1.807) is 0 Å². The Morgan fingerprint density at radius 1 is 1.60 bits per heavy atom. The lowest BCUT2D eigenvalue weighted by Gasteiger charge is -2.01. The van der Waals surface area contributed by atoms with Crippen molar-refractivity contribution in [3.63, 3.8) is 0 Å². The zero-order chi connectivity index (χ0) is 8.15. The molecule has 0 saturated heterocycles. The number of rotatable bonds is 3. The normalized spacial score (nSPS) is 11.8. The van der Waals surface area contributed by atoms with Gasteiger partial charge in [0, 0.05) is 0 Å². The third-order valence-corrected chi connectivity index (χ3v) is 0.878. The first kappa shape index (κ1) is 8.77. The number of esters is 1. The predicted molar refractivity (Wildman–Crippen MR) is 31.1 cm³/mol. The van der Waals surface area contributed by atoms with Crippen LogP contribution in [0.15, 0.2) is 0 Å². The average molecular weight is 145 g/mol. The Hall–Kier alpha value is -1.23. The molecule has 0 amide bonds. The Morgan fingerprint density at radius 2 is 2.10 bits per heavy atom. The van der Waals surface area contributed by atoms with Gasteiger partial charge >= 0.3 is 5.97 Å². The van der Waals surface area contributed by atoms with E-state index in [9.17, 15) is 14.4 Å². The quantitative estimate of drug-likeness (QED) is 0.220. The molecule has 0 aliphatic rings. The van der Waals surface area contributed by atoms with Gasteiger partial charge in [-0.3, -0.25) is 9.59 Å². The molecule has 0 radical (unpaired) electrons. The lowest BCUT2D eigenvalue weighted by molar-refractivity contribution is -0.146. The molecular formula is C5H7NO4. The van der Waals surface area contributed by atoms with Crippen molar-refractivity contribution >= 4 is 18.0 Å². The molecule has 0 rings (SSSR count). The van der Waals surface area contributed by atoms with Gasteiger partial charge in [0.05, 0.1) is 7.11 Å². The Labute approximate surface area is 57.1 Å². The molecule has 0 aromatic rings. The molecule has 5 heteroatoms. The first-order chi connectivity index (χ1) is 4.63. The highest BCUT2D eigenvalue weighted by molar-refractivity contribution is 6.32. The van der Waals surface area contributed by atoms with Gasteiger partial charge in [0.2, 0.25) is 5.78 Å². The maximum absolute atomic E-state index is 10.4. The number of ketones is 1. The van der Waals surface area contributed by atoms with Gasteiger partial charge < -0.3 is 10.5 Å². The molecule has 10 heavy (non-hydrogen) atoms. The van der Waals surface area contributed by atoms with Gasteiger partial charge in [-0.05, 0) is 0 Å². The van der Waals surface area contributed by atoms with Gasteiger partial charge in [-0.1, -0.05) is 0 Å². The van der Waals surface area contributed by atoms with Crippen LogP contribution in [0.1, 0.15) is 0 Å². The topological polar surface area (TPSA) is 86.5 Å². The highest BCUT2D eigenvalue weighted by Crippen LogP contribution is 1.82. The van der Waals surface area contributed by atoms with Gasteiger partial charge in [-0.15, -0.1) is 0 Å². The number of nitrogens with two attached hydrogens (primary N) is 1. The minimum absolute atomic E-state index is 0.0123. The van der Waals surface area contributed by atoms with E-state index in [0.29, 0.717) is 0 Å². The largest absolute Gasteiger partial charge is 0.468 e. The first-order valence-electron chi connectivity index (χ1n) is 2.46. The minimum atomic E-state index is -1.47. The van der Waals surface area contributed by atoms with Crippen LogP contribution in [0, 0.1) is 0 Å². The van der Waals surface area contributed by atoms with E-state index in [2.05, 4.69) is 4.74 Å². The van der Waals surface area contributed by atoms with E-state index >= 15 is 0 Å². The number of methoxy groups -OCH3 is 1. The average Bonchev–Trinajstić information content (AvgIpc) is 2.00. The van der Waals surface area contributed by atoms with E-state index < -0.39 is 17.8 Å². The minimum Gasteiger partial charge on any atom is -0.468 e. The fourth-order valence-electron chi connectivity index (χ4n) is 0.316. The Kier molecular flexibility index (Phi) is 3.27. The van der Waals surface area contributed by atoms with Crippen LogP contribution in [0.25, 0.3) is 0 Å². The molecule has 0 spiro atoms. The molecule has 56 valence electrons. The monoisotopic (exact) mass is 145 g/mol. The van der Waals surface area contributed by atoms with Crippen molar-refractivity contribution in [2.45, 2.75) is 6.04 Å². The first-order valence-corrected chi connectivity index (χ1v) is 2.46. The van der Waals surface area contributed by atoms with Crippen LogP contribution < -0.4 is 5.73 Å². The molecule has 0 saturated carbocycles. The lowest BCUT2D eigenvalue weighted by atomic mass is 10.2. The van der Waals surface area contributed by atoms with Crippen molar-refractivity contribution in [2.75, 3.05) is 7.11 Å². The fourth-order valence-corrected chi connectivity index (χ4v) is 0.316. The van der Waals surface area contributed by atoms with E-state index in [0.717, 1.165) is 7.11 Å². The van der Waals surface area contributed by atoms with Crippen molar-refractivity contribution < 1.29 is 19.1 Å². The summed E-state index contributed by atoms with van der Waals surface area (Å²) in [5.41, 5.74) is 4.93. The van der Waals surface area contributed by atoms with Crippen LogP contribution >= 0.6 is 0 Å². The summed E-state index contributed by atoms with van der Waals surface area (Å²) in [4.78, 5) is 30.4. The number of aldehydes is 1. The van der Waals surface area contributed by atoms with Crippen molar-refractivity contribution in [2.24, 2.45) is 5.73 Å². The van der Waals surface area contributed by atoms with Crippen LogP contribution in [0.2, 0.25) is 0 Å². The fraction of sp³-hybridized carbons (Fsp3) is 0.400.